The molecule has 0 aliphatic heterocycles. The Labute approximate surface area is 101 Å². The zero-order chi connectivity index (χ0) is 11.9. The van der Waals surface area contributed by atoms with Crippen molar-refractivity contribution in [3.63, 3.8) is 0 Å². The number of hydrogen-bond donors (Lipinski definition) is 2. The SMILES string of the molecule is Cc1cc(C2(N)CCCC2)c(C)c(O)c1Cl. The number of aromatic hydroxyl groups is 1. The number of nitrogens with two attached hydrogens (primary N) is 1. The summed E-state index contributed by atoms with van der Waals surface area (Å²) in [5, 5.41) is 10.4. The lowest BCUT2D eigenvalue weighted by atomic mass is 9.85. The average Bonchev–Trinajstić information content (AvgIpc) is 2.68. The maximum Gasteiger partial charge on any atom is 0.137 e. The van der Waals surface area contributed by atoms with E-state index in [0.29, 0.717) is 5.02 Å². The molecule has 0 amide bonds. The van der Waals surface area contributed by atoms with Crippen molar-refractivity contribution < 1.29 is 5.11 Å². The molecule has 0 bridgehead atoms. The highest BCUT2D eigenvalue weighted by molar-refractivity contribution is 6.32. The highest BCUT2D eigenvalue weighted by Gasteiger charge is 2.33. The molecule has 1 saturated carbocycles. The average molecular weight is 240 g/mol. The summed E-state index contributed by atoms with van der Waals surface area (Å²) in [6.45, 7) is 3.80. The van der Waals surface area contributed by atoms with Gasteiger partial charge in [0.05, 0.1) is 5.02 Å². The number of aryl methyl sites for hydroxylation is 1. The molecule has 88 valence electrons. The second kappa shape index (κ2) is 3.94. The van der Waals surface area contributed by atoms with Gasteiger partial charge in [-0.15, -0.1) is 0 Å². The summed E-state index contributed by atoms with van der Waals surface area (Å²) in [5.41, 5.74) is 8.94. The monoisotopic (exact) mass is 239 g/mol. The first-order valence-electron chi connectivity index (χ1n) is 5.74. The van der Waals surface area contributed by atoms with E-state index in [0.717, 1.165) is 29.5 Å². The van der Waals surface area contributed by atoms with Crippen molar-refractivity contribution in [3.05, 3.63) is 27.8 Å². The van der Waals surface area contributed by atoms with Crippen molar-refractivity contribution in [2.45, 2.75) is 45.1 Å². The van der Waals surface area contributed by atoms with Gasteiger partial charge in [0.2, 0.25) is 0 Å². The van der Waals surface area contributed by atoms with Crippen LogP contribution < -0.4 is 5.73 Å². The summed E-state index contributed by atoms with van der Waals surface area (Å²) in [6, 6.07) is 2.03. The minimum absolute atomic E-state index is 0.188. The fourth-order valence-corrected chi connectivity index (χ4v) is 2.86. The summed E-state index contributed by atoms with van der Waals surface area (Å²) >= 11 is 6.02. The Kier molecular flexibility index (Phi) is 2.89. The lowest BCUT2D eigenvalue weighted by molar-refractivity contribution is 0.440. The third kappa shape index (κ3) is 1.70. The Hall–Kier alpha value is -0.730. The lowest BCUT2D eigenvalue weighted by Gasteiger charge is -2.27. The first kappa shape index (κ1) is 11.7. The summed E-state index contributed by atoms with van der Waals surface area (Å²) in [6.07, 6.45) is 4.32. The predicted molar refractivity (Wildman–Crippen MR) is 66.9 cm³/mol. The van der Waals surface area contributed by atoms with E-state index in [1.54, 1.807) is 0 Å². The van der Waals surface area contributed by atoms with Crippen LogP contribution in [0.1, 0.15) is 42.4 Å². The molecule has 2 nitrogen and oxygen atoms in total. The van der Waals surface area contributed by atoms with Crippen LogP contribution in [0.3, 0.4) is 0 Å². The molecule has 1 aromatic carbocycles. The quantitative estimate of drug-likeness (QED) is 0.789. The summed E-state index contributed by atoms with van der Waals surface area (Å²) in [4.78, 5) is 0. The van der Waals surface area contributed by atoms with E-state index in [-0.39, 0.29) is 11.3 Å². The van der Waals surface area contributed by atoms with Gasteiger partial charge in [-0.3, -0.25) is 0 Å². The maximum absolute atomic E-state index is 9.96. The van der Waals surface area contributed by atoms with E-state index >= 15 is 0 Å². The van der Waals surface area contributed by atoms with Crippen LogP contribution in [0.2, 0.25) is 5.02 Å². The molecule has 1 aromatic rings. The molecule has 16 heavy (non-hydrogen) atoms. The minimum atomic E-state index is -0.267. The highest BCUT2D eigenvalue weighted by atomic mass is 35.5. The molecule has 0 aromatic heterocycles. The molecule has 1 aliphatic rings. The van der Waals surface area contributed by atoms with E-state index in [2.05, 4.69) is 0 Å². The Morgan fingerprint density at radius 2 is 1.88 bits per heavy atom. The van der Waals surface area contributed by atoms with Crippen molar-refractivity contribution in [2.24, 2.45) is 5.73 Å². The number of rotatable bonds is 1. The highest BCUT2D eigenvalue weighted by Crippen LogP contribution is 2.42. The molecule has 3 N–H and O–H groups in total. The van der Waals surface area contributed by atoms with Crippen LogP contribution in [0.25, 0.3) is 0 Å². The van der Waals surface area contributed by atoms with Crippen LogP contribution in [0.15, 0.2) is 6.07 Å². The van der Waals surface area contributed by atoms with Gasteiger partial charge in [0, 0.05) is 5.54 Å². The second-order valence-electron chi connectivity index (χ2n) is 4.89. The van der Waals surface area contributed by atoms with Crippen molar-refractivity contribution in [1.29, 1.82) is 0 Å². The van der Waals surface area contributed by atoms with Crippen LogP contribution in [0.5, 0.6) is 5.75 Å². The molecule has 0 radical (unpaired) electrons. The number of hydrogen-bond acceptors (Lipinski definition) is 2. The van der Waals surface area contributed by atoms with Crippen LogP contribution >= 0.6 is 11.6 Å². The number of phenolic OH excluding ortho intramolecular Hbond substituents is 1. The molecular weight excluding hydrogens is 222 g/mol. The molecule has 0 heterocycles. The Balaban J connectivity index is 2.57. The van der Waals surface area contributed by atoms with E-state index in [1.807, 2.05) is 19.9 Å². The summed E-state index contributed by atoms with van der Waals surface area (Å²) < 4.78 is 0. The van der Waals surface area contributed by atoms with Gasteiger partial charge in [-0.1, -0.05) is 30.5 Å². The zero-order valence-corrected chi connectivity index (χ0v) is 10.6. The van der Waals surface area contributed by atoms with Crippen molar-refractivity contribution in [2.75, 3.05) is 0 Å². The molecule has 2 rings (SSSR count). The van der Waals surface area contributed by atoms with Crippen molar-refractivity contribution >= 4 is 11.6 Å². The van der Waals surface area contributed by atoms with E-state index in [1.165, 1.54) is 12.8 Å². The predicted octanol–water partition coefficient (Wildman–Crippen LogP) is 3.39. The van der Waals surface area contributed by atoms with Crippen LogP contribution in [-0.2, 0) is 5.54 Å². The molecule has 3 heteroatoms. The Morgan fingerprint density at radius 3 is 2.44 bits per heavy atom. The van der Waals surface area contributed by atoms with Gasteiger partial charge in [-0.2, -0.15) is 0 Å². The van der Waals surface area contributed by atoms with Crippen molar-refractivity contribution in [1.82, 2.24) is 0 Å². The number of benzene rings is 1. The normalized spacial score (nSPS) is 19.0. The van der Waals surface area contributed by atoms with Gasteiger partial charge in [0.1, 0.15) is 5.75 Å². The second-order valence-corrected chi connectivity index (χ2v) is 5.27. The summed E-state index contributed by atoms with van der Waals surface area (Å²) in [5.74, 6) is 0.188. The third-order valence-electron chi connectivity index (χ3n) is 3.71. The van der Waals surface area contributed by atoms with Crippen LogP contribution in [0.4, 0.5) is 0 Å². The molecular formula is C13H18ClNO. The number of halogens is 1. The molecule has 0 spiro atoms. The fraction of sp³-hybridized carbons (Fsp3) is 0.538. The minimum Gasteiger partial charge on any atom is -0.506 e. The fourth-order valence-electron chi connectivity index (χ4n) is 2.66. The smallest absolute Gasteiger partial charge is 0.137 e. The Bertz CT molecular complexity index is 422. The van der Waals surface area contributed by atoms with Crippen molar-refractivity contribution in [3.8, 4) is 5.75 Å². The van der Waals surface area contributed by atoms with Gasteiger partial charge >= 0.3 is 0 Å². The maximum atomic E-state index is 9.96. The molecule has 0 unspecified atom stereocenters. The van der Waals surface area contributed by atoms with Gasteiger partial charge in [-0.05, 0) is 43.4 Å². The number of phenols is 1. The topological polar surface area (TPSA) is 46.2 Å². The first-order chi connectivity index (χ1) is 7.46. The van der Waals surface area contributed by atoms with E-state index < -0.39 is 0 Å². The van der Waals surface area contributed by atoms with Gasteiger partial charge in [-0.25, -0.2) is 0 Å². The first-order valence-corrected chi connectivity index (χ1v) is 6.11. The van der Waals surface area contributed by atoms with E-state index in [4.69, 9.17) is 17.3 Å². The van der Waals surface area contributed by atoms with Crippen LogP contribution in [-0.4, -0.2) is 5.11 Å². The van der Waals surface area contributed by atoms with Crippen LogP contribution in [0, 0.1) is 13.8 Å². The molecule has 1 fully saturated rings. The summed E-state index contributed by atoms with van der Waals surface area (Å²) in [7, 11) is 0. The van der Waals surface area contributed by atoms with Gasteiger partial charge < -0.3 is 10.8 Å². The molecule has 1 aliphatic carbocycles. The lowest BCUT2D eigenvalue weighted by Crippen LogP contribution is -2.34. The standard InChI is InChI=1S/C13H18ClNO/c1-8-7-10(9(2)12(16)11(8)14)13(15)5-3-4-6-13/h7,16H,3-6,15H2,1-2H3. The third-order valence-corrected chi connectivity index (χ3v) is 4.18. The zero-order valence-electron chi connectivity index (χ0n) is 9.81. The Morgan fingerprint density at radius 1 is 1.31 bits per heavy atom. The molecule has 0 saturated heterocycles. The van der Waals surface area contributed by atoms with Gasteiger partial charge in [0.15, 0.2) is 0 Å². The molecule has 0 atom stereocenters. The van der Waals surface area contributed by atoms with Gasteiger partial charge in [0.25, 0.3) is 0 Å². The largest absolute Gasteiger partial charge is 0.506 e. The van der Waals surface area contributed by atoms with E-state index in [9.17, 15) is 5.11 Å².